The van der Waals surface area contributed by atoms with Crippen LogP contribution in [0.3, 0.4) is 0 Å². The van der Waals surface area contributed by atoms with E-state index in [1.54, 1.807) is 4.57 Å². The number of halogens is 1. The molecule has 0 saturated carbocycles. The van der Waals surface area contributed by atoms with Crippen LogP contribution in [0.2, 0.25) is 5.28 Å². The van der Waals surface area contributed by atoms with Crippen LogP contribution in [0.15, 0.2) is 6.33 Å². The number of sulfone groups is 1. The molecule has 78 valence electrons. The molecule has 0 aliphatic carbocycles. The molecule has 0 aromatic carbocycles. The molecule has 1 fully saturated rings. The molecule has 1 unspecified atom stereocenters. The normalized spacial score (nSPS) is 25.4. The Morgan fingerprint density at radius 1 is 1.64 bits per heavy atom. The van der Waals surface area contributed by atoms with E-state index >= 15 is 0 Å². The lowest BCUT2D eigenvalue weighted by Crippen LogP contribution is -2.12. The van der Waals surface area contributed by atoms with Crippen molar-refractivity contribution in [1.82, 2.24) is 14.8 Å². The van der Waals surface area contributed by atoms with Crippen molar-refractivity contribution < 1.29 is 8.42 Å². The van der Waals surface area contributed by atoms with Crippen LogP contribution in [0.5, 0.6) is 0 Å². The molecule has 1 saturated heterocycles. The van der Waals surface area contributed by atoms with Crippen LogP contribution < -0.4 is 0 Å². The van der Waals surface area contributed by atoms with Gasteiger partial charge in [0, 0.05) is 6.54 Å². The molecule has 7 heteroatoms. The van der Waals surface area contributed by atoms with Gasteiger partial charge in [0.15, 0.2) is 9.84 Å². The Balaban J connectivity index is 2.04. The van der Waals surface area contributed by atoms with Gasteiger partial charge in [-0.25, -0.2) is 8.42 Å². The van der Waals surface area contributed by atoms with Crippen LogP contribution in [-0.2, 0) is 16.4 Å². The van der Waals surface area contributed by atoms with Crippen molar-refractivity contribution in [3.8, 4) is 0 Å². The molecule has 0 bridgehead atoms. The first-order chi connectivity index (χ1) is 6.57. The van der Waals surface area contributed by atoms with Crippen molar-refractivity contribution in [1.29, 1.82) is 0 Å². The second-order valence-corrected chi connectivity index (χ2v) is 6.09. The number of hydrogen-bond donors (Lipinski definition) is 0. The zero-order valence-corrected chi connectivity index (χ0v) is 9.00. The van der Waals surface area contributed by atoms with E-state index in [9.17, 15) is 8.42 Å². The van der Waals surface area contributed by atoms with E-state index in [2.05, 4.69) is 10.2 Å². The molecule has 2 rings (SSSR count). The summed E-state index contributed by atoms with van der Waals surface area (Å²) in [5.41, 5.74) is 0. The molecule has 0 N–H and O–H groups in total. The molecule has 1 aliphatic rings. The summed E-state index contributed by atoms with van der Waals surface area (Å²) in [6.45, 7) is 0.588. The second kappa shape index (κ2) is 3.51. The quantitative estimate of drug-likeness (QED) is 0.743. The minimum Gasteiger partial charge on any atom is -0.304 e. The van der Waals surface area contributed by atoms with Crippen LogP contribution in [0.25, 0.3) is 0 Å². The maximum atomic E-state index is 11.2. The number of nitrogens with zero attached hydrogens (tertiary/aromatic N) is 3. The molecule has 5 nitrogen and oxygen atoms in total. The van der Waals surface area contributed by atoms with Gasteiger partial charge in [0.2, 0.25) is 5.28 Å². The Morgan fingerprint density at radius 3 is 2.93 bits per heavy atom. The predicted molar refractivity (Wildman–Crippen MR) is 51.8 cm³/mol. The lowest BCUT2D eigenvalue weighted by Gasteiger charge is -2.07. The minimum absolute atomic E-state index is 0.147. The van der Waals surface area contributed by atoms with Gasteiger partial charge in [0.1, 0.15) is 6.33 Å². The summed E-state index contributed by atoms with van der Waals surface area (Å²) in [6, 6.07) is 0. The lowest BCUT2D eigenvalue weighted by atomic mass is 10.1. The van der Waals surface area contributed by atoms with Gasteiger partial charge < -0.3 is 4.57 Å². The van der Waals surface area contributed by atoms with E-state index in [1.807, 2.05) is 0 Å². The summed E-state index contributed by atoms with van der Waals surface area (Å²) < 4.78 is 24.0. The maximum absolute atomic E-state index is 11.2. The van der Waals surface area contributed by atoms with Gasteiger partial charge in [0.25, 0.3) is 0 Å². The molecular formula is C7H10ClN3O2S. The third-order valence-electron chi connectivity index (χ3n) is 2.35. The van der Waals surface area contributed by atoms with E-state index in [1.165, 1.54) is 6.33 Å². The molecule has 1 aromatic heterocycles. The summed E-state index contributed by atoms with van der Waals surface area (Å²) in [7, 11) is -2.81. The van der Waals surface area contributed by atoms with E-state index in [4.69, 9.17) is 11.6 Å². The molecule has 0 radical (unpaired) electrons. The zero-order valence-electron chi connectivity index (χ0n) is 7.43. The standard InChI is InChI=1S/C7H10ClN3O2S/c8-7-10-9-5-11(7)3-6-1-2-14(12,13)4-6/h5-6H,1-4H2. The Morgan fingerprint density at radius 2 is 2.43 bits per heavy atom. The molecule has 2 heterocycles. The Labute approximate surface area is 87.0 Å². The highest BCUT2D eigenvalue weighted by Crippen LogP contribution is 2.21. The van der Waals surface area contributed by atoms with Crippen molar-refractivity contribution in [3.05, 3.63) is 11.6 Å². The molecule has 0 spiro atoms. The summed E-state index contributed by atoms with van der Waals surface area (Å²) >= 11 is 5.73. The van der Waals surface area contributed by atoms with Crippen LogP contribution in [-0.4, -0.2) is 34.7 Å². The molecule has 14 heavy (non-hydrogen) atoms. The molecule has 1 aromatic rings. The fourth-order valence-corrected chi connectivity index (χ4v) is 3.66. The third-order valence-corrected chi connectivity index (χ3v) is 4.48. The van der Waals surface area contributed by atoms with Crippen molar-refractivity contribution in [2.24, 2.45) is 5.92 Å². The summed E-state index contributed by atoms with van der Waals surface area (Å²) in [5.74, 6) is 0.687. The smallest absolute Gasteiger partial charge is 0.224 e. The van der Waals surface area contributed by atoms with Gasteiger partial charge in [-0.3, -0.25) is 0 Å². The monoisotopic (exact) mass is 235 g/mol. The second-order valence-electron chi connectivity index (χ2n) is 3.52. The van der Waals surface area contributed by atoms with Crippen LogP contribution in [0.1, 0.15) is 6.42 Å². The Bertz CT molecular complexity index is 428. The van der Waals surface area contributed by atoms with Crippen molar-refractivity contribution in [3.63, 3.8) is 0 Å². The summed E-state index contributed by atoms with van der Waals surface area (Å²) in [4.78, 5) is 0. The zero-order chi connectivity index (χ0) is 10.2. The van der Waals surface area contributed by atoms with Gasteiger partial charge in [-0.05, 0) is 23.9 Å². The first-order valence-corrected chi connectivity index (χ1v) is 6.50. The molecule has 1 aliphatic heterocycles. The van der Waals surface area contributed by atoms with Gasteiger partial charge in [0.05, 0.1) is 11.5 Å². The highest BCUT2D eigenvalue weighted by atomic mass is 35.5. The van der Waals surface area contributed by atoms with Gasteiger partial charge in [-0.15, -0.1) is 10.2 Å². The van der Waals surface area contributed by atoms with Gasteiger partial charge >= 0.3 is 0 Å². The van der Waals surface area contributed by atoms with Crippen molar-refractivity contribution in [2.75, 3.05) is 11.5 Å². The Kier molecular flexibility index (Phi) is 2.48. The molecular weight excluding hydrogens is 226 g/mol. The average molecular weight is 236 g/mol. The van der Waals surface area contributed by atoms with Crippen LogP contribution >= 0.6 is 11.6 Å². The topological polar surface area (TPSA) is 64.8 Å². The summed E-state index contributed by atoms with van der Waals surface area (Å²) in [6.07, 6.45) is 2.23. The Hall–Kier alpha value is -0.620. The molecule has 1 atom stereocenters. The third kappa shape index (κ3) is 2.06. The van der Waals surface area contributed by atoms with Crippen molar-refractivity contribution in [2.45, 2.75) is 13.0 Å². The van der Waals surface area contributed by atoms with Crippen molar-refractivity contribution >= 4 is 21.4 Å². The number of aromatic nitrogens is 3. The maximum Gasteiger partial charge on any atom is 0.224 e. The fourth-order valence-electron chi connectivity index (χ4n) is 1.66. The van der Waals surface area contributed by atoms with Gasteiger partial charge in [-0.1, -0.05) is 0 Å². The van der Waals surface area contributed by atoms with E-state index < -0.39 is 9.84 Å². The lowest BCUT2D eigenvalue weighted by molar-refractivity contribution is 0.490. The summed E-state index contributed by atoms with van der Waals surface area (Å²) in [5, 5.41) is 7.57. The first kappa shape index (κ1) is 9.92. The number of rotatable bonds is 2. The number of hydrogen-bond acceptors (Lipinski definition) is 4. The van der Waals surface area contributed by atoms with E-state index in [0.717, 1.165) is 0 Å². The highest BCUT2D eigenvalue weighted by molar-refractivity contribution is 7.91. The average Bonchev–Trinajstić information content (AvgIpc) is 2.61. The van der Waals surface area contributed by atoms with E-state index in [-0.39, 0.29) is 17.4 Å². The van der Waals surface area contributed by atoms with Crippen LogP contribution in [0, 0.1) is 5.92 Å². The fraction of sp³-hybridized carbons (Fsp3) is 0.714. The van der Waals surface area contributed by atoms with Gasteiger partial charge in [-0.2, -0.15) is 0 Å². The highest BCUT2D eigenvalue weighted by Gasteiger charge is 2.28. The minimum atomic E-state index is -2.81. The molecule has 0 amide bonds. The SMILES string of the molecule is O=S1(=O)CCC(Cn2cnnc2Cl)C1. The first-order valence-electron chi connectivity index (χ1n) is 4.30. The van der Waals surface area contributed by atoms with E-state index in [0.29, 0.717) is 18.2 Å². The predicted octanol–water partition coefficient (Wildman–Crippen LogP) is 0.366. The van der Waals surface area contributed by atoms with Crippen LogP contribution in [0.4, 0.5) is 0 Å². The largest absolute Gasteiger partial charge is 0.304 e.